The van der Waals surface area contributed by atoms with Gasteiger partial charge in [-0.2, -0.15) is 0 Å². The van der Waals surface area contributed by atoms with Crippen LogP contribution in [-0.4, -0.2) is 9.55 Å². The van der Waals surface area contributed by atoms with E-state index in [4.69, 9.17) is 5.73 Å². The number of nitrogens with two attached hydrogens (primary N) is 1. The van der Waals surface area contributed by atoms with Crippen LogP contribution in [0.3, 0.4) is 0 Å². The lowest BCUT2D eigenvalue weighted by atomic mass is 10.2. The van der Waals surface area contributed by atoms with Crippen molar-refractivity contribution in [1.82, 2.24) is 9.55 Å². The Hall–Kier alpha value is -1.33. The molecule has 0 atom stereocenters. The lowest BCUT2D eigenvalue weighted by Crippen LogP contribution is -2.05. The van der Waals surface area contributed by atoms with Crippen LogP contribution < -0.4 is 5.73 Å². The summed E-state index contributed by atoms with van der Waals surface area (Å²) in [6, 6.07) is 6.59. The van der Waals surface area contributed by atoms with Crippen molar-refractivity contribution >= 4 is 11.8 Å². The van der Waals surface area contributed by atoms with Gasteiger partial charge >= 0.3 is 0 Å². The molecule has 1 heterocycles. The number of benzene rings is 1. The summed E-state index contributed by atoms with van der Waals surface area (Å²) >= 11 is 1.52. The molecule has 0 spiro atoms. The Bertz CT molecular complexity index is 578. The van der Waals surface area contributed by atoms with Crippen LogP contribution in [0.4, 0.5) is 4.39 Å². The fourth-order valence-electron chi connectivity index (χ4n) is 1.87. The predicted molar refractivity (Wildman–Crippen MR) is 75.7 cm³/mol. The average Bonchev–Trinajstić information content (AvgIpc) is 2.67. The van der Waals surface area contributed by atoms with Gasteiger partial charge in [0.25, 0.3) is 0 Å². The minimum atomic E-state index is -0.225. The molecule has 0 fully saturated rings. The fraction of sp³-hybridized carbons (Fsp3) is 0.357. The molecule has 2 aromatic rings. The van der Waals surface area contributed by atoms with E-state index in [0.29, 0.717) is 12.5 Å². The predicted octanol–water partition coefficient (Wildman–Crippen LogP) is 3.29. The van der Waals surface area contributed by atoms with E-state index in [1.165, 1.54) is 23.9 Å². The van der Waals surface area contributed by atoms with Gasteiger partial charge in [0, 0.05) is 11.9 Å². The molecular formula is C14H18FN3S. The molecule has 0 aliphatic carbocycles. The van der Waals surface area contributed by atoms with E-state index in [0.717, 1.165) is 21.4 Å². The SMILES string of the molecule is CC(C)c1nc(CN)n(C)c1Sc1cccc(F)c1. The maximum absolute atomic E-state index is 13.2. The zero-order valence-electron chi connectivity index (χ0n) is 11.4. The van der Waals surface area contributed by atoms with Gasteiger partial charge in [0.05, 0.1) is 12.2 Å². The molecule has 2 N–H and O–H groups in total. The molecule has 0 unspecified atom stereocenters. The fourth-order valence-corrected chi connectivity index (χ4v) is 3.04. The molecule has 0 saturated heterocycles. The van der Waals surface area contributed by atoms with Crippen LogP contribution in [-0.2, 0) is 13.6 Å². The summed E-state index contributed by atoms with van der Waals surface area (Å²) in [4.78, 5) is 5.44. The van der Waals surface area contributed by atoms with E-state index < -0.39 is 0 Å². The minimum absolute atomic E-state index is 0.225. The second-order valence-electron chi connectivity index (χ2n) is 4.70. The highest BCUT2D eigenvalue weighted by atomic mass is 32.2. The summed E-state index contributed by atoms with van der Waals surface area (Å²) < 4.78 is 15.2. The van der Waals surface area contributed by atoms with Crippen LogP contribution in [0.5, 0.6) is 0 Å². The number of imidazole rings is 1. The van der Waals surface area contributed by atoms with Gasteiger partial charge in [-0.15, -0.1) is 0 Å². The molecule has 3 nitrogen and oxygen atoms in total. The number of hydrogen-bond donors (Lipinski definition) is 1. The summed E-state index contributed by atoms with van der Waals surface area (Å²) in [5, 5.41) is 1.03. The average molecular weight is 279 g/mol. The van der Waals surface area contributed by atoms with Crippen molar-refractivity contribution < 1.29 is 4.39 Å². The first-order chi connectivity index (χ1) is 9.02. The third kappa shape index (κ3) is 2.98. The molecule has 5 heteroatoms. The molecule has 0 saturated carbocycles. The van der Waals surface area contributed by atoms with Crippen LogP contribution >= 0.6 is 11.8 Å². The molecule has 0 aliphatic rings. The Morgan fingerprint density at radius 3 is 2.74 bits per heavy atom. The van der Waals surface area contributed by atoms with Gasteiger partial charge < -0.3 is 10.3 Å². The molecular weight excluding hydrogens is 261 g/mol. The summed E-state index contributed by atoms with van der Waals surface area (Å²) in [7, 11) is 1.95. The lowest BCUT2D eigenvalue weighted by molar-refractivity contribution is 0.624. The molecule has 0 aliphatic heterocycles. The Labute approximate surface area is 117 Å². The quantitative estimate of drug-likeness (QED) is 0.934. The molecule has 19 heavy (non-hydrogen) atoms. The van der Waals surface area contributed by atoms with Crippen LogP contribution in [0.15, 0.2) is 34.2 Å². The zero-order chi connectivity index (χ0) is 14.0. The minimum Gasteiger partial charge on any atom is -0.325 e. The van der Waals surface area contributed by atoms with Gasteiger partial charge in [-0.3, -0.25) is 0 Å². The summed E-state index contributed by atoms with van der Waals surface area (Å²) in [5.41, 5.74) is 6.71. The van der Waals surface area contributed by atoms with Crippen molar-refractivity contribution in [1.29, 1.82) is 0 Å². The number of aromatic nitrogens is 2. The lowest BCUT2D eigenvalue weighted by Gasteiger charge is -2.08. The number of rotatable bonds is 4. The van der Waals surface area contributed by atoms with E-state index in [2.05, 4.69) is 18.8 Å². The molecule has 1 aromatic heterocycles. The first-order valence-corrected chi connectivity index (χ1v) is 7.03. The standard InChI is InChI=1S/C14H18FN3S/c1-9(2)13-14(18(3)12(8-16)17-13)19-11-6-4-5-10(15)7-11/h4-7,9H,8,16H2,1-3H3. The van der Waals surface area contributed by atoms with Gasteiger partial charge in [0.15, 0.2) is 0 Å². The highest BCUT2D eigenvalue weighted by Crippen LogP contribution is 2.34. The van der Waals surface area contributed by atoms with Gasteiger partial charge in [0.1, 0.15) is 16.7 Å². The highest BCUT2D eigenvalue weighted by molar-refractivity contribution is 7.99. The topological polar surface area (TPSA) is 43.8 Å². The van der Waals surface area contributed by atoms with Crippen LogP contribution in [0, 0.1) is 5.82 Å². The first-order valence-electron chi connectivity index (χ1n) is 6.22. The molecule has 1 aromatic carbocycles. The van der Waals surface area contributed by atoms with E-state index >= 15 is 0 Å². The van der Waals surface area contributed by atoms with Crippen molar-refractivity contribution in [3.8, 4) is 0 Å². The summed E-state index contributed by atoms with van der Waals surface area (Å²) in [5.74, 6) is 0.933. The van der Waals surface area contributed by atoms with E-state index in [9.17, 15) is 4.39 Å². The van der Waals surface area contributed by atoms with E-state index in [-0.39, 0.29) is 5.82 Å². The summed E-state index contributed by atoms with van der Waals surface area (Å²) in [6.07, 6.45) is 0. The number of hydrogen-bond acceptors (Lipinski definition) is 3. The monoisotopic (exact) mass is 279 g/mol. The highest BCUT2D eigenvalue weighted by Gasteiger charge is 2.17. The first kappa shape index (κ1) is 14.1. The van der Waals surface area contributed by atoms with Crippen molar-refractivity contribution in [3.63, 3.8) is 0 Å². The molecule has 0 radical (unpaired) electrons. The molecule has 0 bridgehead atoms. The van der Waals surface area contributed by atoms with Crippen molar-refractivity contribution in [2.45, 2.75) is 36.2 Å². The Morgan fingerprint density at radius 2 is 2.16 bits per heavy atom. The maximum Gasteiger partial charge on any atom is 0.124 e. The summed E-state index contributed by atoms with van der Waals surface area (Å²) in [6.45, 7) is 4.59. The van der Waals surface area contributed by atoms with Gasteiger partial charge in [-0.05, 0) is 24.1 Å². The van der Waals surface area contributed by atoms with E-state index in [1.807, 2.05) is 17.7 Å². The molecule has 0 amide bonds. The van der Waals surface area contributed by atoms with Crippen molar-refractivity contribution in [2.24, 2.45) is 12.8 Å². The third-order valence-electron chi connectivity index (χ3n) is 2.90. The van der Waals surface area contributed by atoms with Gasteiger partial charge in [-0.25, -0.2) is 9.37 Å². The van der Waals surface area contributed by atoms with Gasteiger partial charge in [0.2, 0.25) is 0 Å². The van der Waals surface area contributed by atoms with Crippen molar-refractivity contribution in [2.75, 3.05) is 0 Å². The number of halogens is 1. The Morgan fingerprint density at radius 1 is 1.42 bits per heavy atom. The normalized spacial score (nSPS) is 11.3. The second kappa shape index (κ2) is 5.75. The second-order valence-corrected chi connectivity index (χ2v) is 5.76. The smallest absolute Gasteiger partial charge is 0.124 e. The Kier molecular flexibility index (Phi) is 4.27. The number of nitrogens with zero attached hydrogens (tertiary/aromatic N) is 2. The van der Waals surface area contributed by atoms with Crippen LogP contribution in [0.25, 0.3) is 0 Å². The van der Waals surface area contributed by atoms with Crippen LogP contribution in [0.1, 0.15) is 31.3 Å². The van der Waals surface area contributed by atoms with Crippen LogP contribution in [0.2, 0.25) is 0 Å². The largest absolute Gasteiger partial charge is 0.325 e. The zero-order valence-corrected chi connectivity index (χ0v) is 12.2. The van der Waals surface area contributed by atoms with Gasteiger partial charge in [-0.1, -0.05) is 31.7 Å². The maximum atomic E-state index is 13.2. The molecule has 102 valence electrons. The third-order valence-corrected chi connectivity index (χ3v) is 4.07. The Balaban J connectivity index is 2.41. The van der Waals surface area contributed by atoms with Crippen molar-refractivity contribution in [3.05, 3.63) is 41.6 Å². The van der Waals surface area contributed by atoms with E-state index in [1.54, 1.807) is 6.07 Å². The molecule has 2 rings (SSSR count).